The number of hydrogen-bond donors (Lipinski definition) is 1. The molecule has 0 saturated heterocycles. The third kappa shape index (κ3) is 4.26. The lowest BCUT2D eigenvalue weighted by atomic mass is 9.87. The molecule has 8 heteroatoms. The fourth-order valence-corrected chi connectivity index (χ4v) is 2.78. The summed E-state index contributed by atoms with van der Waals surface area (Å²) in [5.41, 5.74) is 5.52. The van der Waals surface area contributed by atoms with E-state index in [-0.39, 0.29) is 24.2 Å². The fraction of sp³-hybridized carbons (Fsp3) is 0.250. The second-order valence-corrected chi connectivity index (χ2v) is 6.29. The standard InChI is InChI=1S/C20H18F2N4O2/c1-3-7-27-18-12-24-17(11-25-18)16(22)10-13-4-5-15(21)14(9-13)20(2)6-8-28-19(23)26-20/h1,4-5,9-12H,6-8H2,2H3,(H2,23,26)/b16-10-/t20-/m0/s1. The molecular formula is C20H18F2N4O2. The van der Waals surface area contributed by atoms with E-state index in [1.165, 1.54) is 36.7 Å². The quantitative estimate of drug-likeness (QED) is 0.802. The van der Waals surface area contributed by atoms with Crippen LogP contribution in [-0.4, -0.2) is 29.2 Å². The predicted molar refractivity (Wildman–Crippen MR) is 101 cm³/mol. The first-order valence-electron chi connectivity index (χ1n) is 8.45. The Morgan fingerprint density at radius 3 is 2.93 bits per heavy atom. The van der Waals surface area contributed by atoms with Gasteiger partial charge >= 0.3 is 0 Å². The molecular weight excluding hydrogens is 366 g/mol. The van der Waals surface area contributed by atoms with Crippen LogP contribution in [0.4, 0.5) is 8.78 Å². The van der Waals surface area contributed by atoms with Gasteiger partial charge in [0.2, 0.25) is 5.88 Å². The molecule has 1 aliphatic heterocycles. The van der Waals surface area contributed by atoms with Crippen molar-refractivity contribution >= 4 is 17.9 Å². The molecule has 2 heterocycles. The van der Waals surface area contributed by atoms with Gasteiger partial charge < -0.3 is 15.2 Å². The van der Waals surface area contributed by atoms with Crippen LogP contribution in [0.25, 0.3) is 11.9 Å². The summed E-state index contributed by atoms with van der Waals surface area (Å²) in [5, 5.41) is 0. The number of ether oxygens (including phenoxy) is 2. The van der Waals surface area contributed by atoms with Crippen LogP contribution in [-0.2, 0) is 10.3 Å². The smallest absolute Gasteiger partial charge is 0.282 e. The Morgan fingerprint density at radius 2 is 2.25 bits per heavy atom. The van der Waals surface area contributed by atoms with E-state index in [2.05, 4.69) is 20.9 Å². The predicted octanol–water partition coefficient (Wildman–Crippen LogP) is 3.05. The molecule has 1 aromatic carbocycles. The molecule has 0 spiro atoms. The SMILES string of the molecule is C#CCOc1cnc(/C(F)=C/c2ccc(F)c([C@]3(C)CCOC(N)=N3)c2)cn1. The summed E-state index contributed by atoms with van der Waals surface area (Å²) in [6, 6.07) is 4.27. The highest BCUT2D eigenvalue weighted by atomic mass is 19.1. The topological polar surface area (TPSA) is 82.6 Å². The minimum Gasteiger partial charge on any atom is -0.465 e. The highest BCUT2D eigenvalue weighted by Gasteiger charge is 2.32. The second kappa shape index (κ2) is 8.05. The number of aliphatic imine (C=N–C) groups is 1. The molecule has 0 saturated carbocycles. The third-order valence-corrected chi connectivity index (χ3v) is 4.24. The maximum absolute atomic E-state index is 14.6. The summed E-state index contributed by atoms with van der Waals surface area (Å²) >= 11 is 0. The molecule has 6 nitrogen and oxygen atoms in total. The van der Waals surface area contributed by atoms with Crippen molar-refractivity contribution in [2.24, 2.45) is 10.7 Å². The van der Waals surface area contributed by atoms with Gasteiger partial charge in [0.15, 0.2) is 12.4 Å². The summed E-state index contributed by atoms with van der Waals surface area (Å²) in [7, 11) is 0. The summed E-state index contributed by atoms with van der Waals surface area (Å²) < 4.78 is 39.2. The number of nitrogens with two attached hydrogens (primary N) is 1. The molecule has 0 aliphatic carbocycles. The molecule has 28 heavy (non-hydrogen) atoms. The molecule has 0 unspecified atom stereocenters. The van der Waals surface area contributed by atoms with E-state index in [0.717, 1.165) is 0 Å². The number of amidine groups is 1. The zero-order valence-corrected chi connectivity index (χ0v) is 15.2. The Kier molecular flexibility index (Phi) is 5.54. The van der Waals surface area contributed by atoms with E-state index < -0.39 is 17.2 Å². The van der Waals surface area contributed by atoms with E-state index in [0.29, 0.717) is 24.2 Å². The van der Waals surface area contributed by atoms with Crippen molar-refractivity contribution in [3.05, 3.63) is 53.2 Å². The number of hydrogen-bond acceptors (Lipinski definition) is 6. The van der Waals surface area contributed by atoms with E-state index >= 15 is 0 Å². The number of terminal acetylenes is 1. The van der Waals surface area contributed by atoms with Gasteiger partial charge in [0.25, 0.3) is 6.02 Å². The van der Waals surface area contributed by atoms with Gasteiger partial charge in [0.1, 0.15) is 11.5 Å². The van der Waals surface area contributed by atoms with Crippen molar-refractivity contribution in [1.29, 1.82) is 0 Å². The van der Waals surface area contributed by atoms with Crippen LogP contribution in [0.15, 0.2) is 35.6 Å². The molecule has 3 rings (SSSR count). The summed E-state index contributed by atoms with van der Waals surface area (Å²) in [4.78, 5) is 12.1. The van der Waals surface area contributed by atoms with Crippen LogP contribution in [0, 0.1) is 18.2 Å². The maximum atomic E-state index is 14.6. The van der Waals surface area contributed by atoms with Gasteiger partial charge in [-0.2, -0.15) is 0 Å². The molecule has 0 bridgehead atoms. The largest absolute Gasteiger partial charge is 0.465 e. The highest BCUT2D eigenvalue weighted by molar-refractivity contribution is 5.75. The highest BCUT2D eigenvalue weighted by Crippen LogP contribution is 2.34. The molecule has 144 valence electrons. The van der Waals surface area contributed by atoms with Crippen LogP contribution < -0.4 is 10.5 Å². The van der Waals surface area contributed by atoms with E-state index in [1.54, 1.807) is 6.92 Å². The number of rotatable bonds is 5. The molecule has 1 aromatic heterocycles. The molecule has 0 amide bonds. The number of aromatic nitrogens is 2. The Labute approximate surface area is 161 Å². The Balaban J connectivity index is 1.88. The Hall–Kier alpha value is -3.47. The van der Waals surface area contributed by atoms with Gasteiger partial charge in [-0.15, -0.1) is 6.42 Å². The average Bonchev–Trinajstić information content (AvgIpc) is 2.68. The Morgan fingerprint density at radius 1 is 1.43 bits per heavy atom. The number of halogens is 2. The lowest BCUT2D eigenvalue weighted by molar-refractivity contribution is 0.215. The van der Waals surface area contributed by atoms with Crippen molar-refractivity contribution < 1.29 is 18.3 Å². The molecule has 1 atom stereocenters. The normalized spacial score (nSPS) is 19.4. The summed E-state index contributed by atoms with van der Waals surface area (Å²) in [6.07, 6.45) is 9.29. The van der Waals surface area contributed by atoms with Crippen LogP contribution in [0.3, 0.4) is 0 Å². The number of benzene rings is 1. The zero-order chi connectivity index (χ0) is 20.1. The zero-order valence-electron chi connectivity index (χ0n) is 15.2. The minimum atomic E-state index is -0.886. The van der Waals surface area contributed by atoms with Crippen LogP contribution in [0.2, 0.25) is 0 Å². The van der Waals surface area contributed by atoms with Gasteiger partial charge in [-0.25, -0.2) is 23.7 Å². The number of nitrogens with zero attached hydrogens (tertiary/aromatic N) is 3. The lowest BCUT2D eigenvalue weighted by Gasteiger charge is -2.30. The Bertz CT molecular complexity index is 967. The average molecular weight is 384 g/mol. The molecule has 2 aromatic rings. The first-order valence-corrected chi connectivity index (χ1v) is 8.45. The minimum absolute atomic E-state index is 0.00249. The van der Waals surface area contributed by atoms with Gasteiger partial charge in [-0.05, 0) is 30.7 Å². The van der Waals surface area contributed by atoms with Gasteiger partial charge in [-0.1, -0.05) is 12.0 Å². The summed E-state index contributed by atoms with van der Waals surface area (Å²) in [5.74, 6) is 1.41. The first kappa shape index (κ1) is 19.3. The first-order chi connectivity index (χ1) is 13.4. The third-order valence-electron chi connectivity index (χ3n) is 4.24. The maximum Gasteiger partial charge on any atom is 0.282 e. The molecule has 0 radical (unpaired) electrons. The van der Waals surface area contributed by atoms with E-state index in [1.807, 2.05) is 0 Å². The van der Waals surface area contributed by atoms with Crippen LogP contribution >= 0.6 is 0 Å². The van der Waals surface area contributed by atoms with Crippen molar-refractivity contribution in [3.63, 3.8) is 0 Å². The van der Waals surface area contributed by atoms with Crippen molar-refractivity contribution in [2.75, 3.05) is 13.2 Å². The van der Waals surface area contributed by atoms with Gasteiger partial charge in [0, 0.05) is 12.0 Å². The van der Waals surface area contributed by atoms with E-state index in [9.17, 15) is 8.78 Å². The van der Waals surface area contributed by atoms with Gasteiger partial charge in [-0.3, -0.25) is 0 Å². The monoisotopic (exact) mass is 384 g/mol. The molecule has 0 fully saturated rings. The van der Waals surface area contributed by atoms with Crippen molar-refractivity contribution in [2.45, 2.75) is 18.9 Å². The van der Waals surface area contributed by atoms with Crippen LogP contribution in [0.5, 0.6) is 5.88 Å². The molecule has 1 aliphatic rings. The van der Waals surface area contributed by atoms with Crippen molar-refractivity contribution in [3.8, 4) is 18.2 Å². The van der Waals surface area contributed by atoms with E-state index in [4.69, 9.17) is 21.6 Å². The lowest BCUT2D eigenvalue weighted by Crippen LogP contribution is -2.34. The fourth-order valence-electron chi connectivity index (χ4n) is 2.78. The second-order valence-electron chi connectivity index (χ2n) is 6.29. The summed E-state index contributed by atoms with van der Waals surface area (Å²) in [6.45, 7) is 2.12. The van der Waals surface area contributed by atoms with Gasteiger partial charge in [0.05, 0.1) is 24.5 Å². The van der Waals surface area contributed by atoms with Crippen molar-refractivity contribution in [1.82, 2.24) is 9.97 Å². The van der Waals surface area contributed by atoms with Crippen LogP contribution in [0.1, 0.15) is 30.2 Å². The molecule has 2 N–H and O–H groups in total.